The monoisotopic (exact) mass is 326 g/mol. The number of rotatable bonds is 8. The number of piperidine rings is 1. The van der Waals surface area contributed by atoms with Crippen molar-refractivity contribution in [3.05, 3.63) is 0 Å². The molecular formula is C19H38N2O2. The summed E-state index contributed by atoms with van der Waals surface area (Å²) < 4.78 is 5.57. The molecule has 1 fully saturated rings. The van der Waals surface area contributed by atoms with Gasteiger partial charge in [0.15, 0.2) is 0 Å². The first kappa shape index (κ1) is 20.3. The Morgan fingerprint density at radius 3 is 2.65 bits per heavy atom. The van der Waals surface area contributed by atoms with Crippen molar-refractivity contribution in [3.63, 3.8) is 0 Å². The minimum atomic E-state index is -0.418. The highest BCUT2D eigenvalue weighted by atomic mass is 16.6. The molecule has 1 aliphatic rings. The van der Waals surface area contributed by atoms with Gasteiger partial charge in [0.25, 0.3) is 0 Å². The van der Waals surface area contributed by atoms with Gasteiger partial charge in [-0.15, -0.1) is 0 Å². The van der Waals surface area contributed by atoms with Crippen LogP contribution in [0.15, 0.2) is 0 Å². The molecule has 23 heavy (non-hydrogen) atoms. The lowest BCUT2D eigenvalue weighted by molar-refractivity contribution is 0.00967. The van der Waals surface area contributed by atoms with Crippen LogP contribution in [0.1, 0.15) is 86.0 Å². The van der Waals surface area contributed by atoms with Crippen LogP contribution < -0.4 is 5.32 Å². The fourth-order valence-corrected chi connectivity index (χ4v) is 3.09. The normalized spacial score (nSPS) is 20.4. The first-order valence-electron chi connectivity index (χ1n) is 9.56. The molecule has 1 aliphatic heterocycles. The van der Waals surface area contributed by atoms with Crippen molar-refractivity contribution in [2.75, 3.05) is 13.1 Å². The molecule has 1 amide bonds. The highest BCUT2D eigenvalue weighted by molar-refractivity contribution is 5.68. The third-order valence-electron chi connectivity index (χ3n) is 4.45. The van der Waals surface area contributed by atoms with E-state index in [9.17, 15) is 4.79 Å². The van der Waals surface area contributed by atoms with Crippen molar-refractivity contribution in [2.45, 2.75) is 104 Å². The van der Waals surface area contributed by atoms with Crippen molar-refractivity contribution < 1.29 is 9.53 Å². The summed E-state index contributed by atoms with van der Waals surface area (Å²) in [4.78, 5) is 14.3. The minimum absolute atomic E-state index is 0.153. The molecule has 136 valence electrons. The summed E-state index contributed by atoms with van der Waals surface area (Å²) in [6, 6.07) is 0.797. The Morgan fingerprint density at radius 2 is 2.00 bits per heavy atom. The van der Waals surface area contributed by atoms with E-state index in [1.807, 2.05) is 25.7 Å². The van der Waals surface area contributed by atoms with Crippen molar-refractivity contribution in [1.82, 2.24) is 10.2 Å². The van der Waals surface area contributed by atoms with Crippen LogP contribution in [-0.2, 0) is 4.74 Å². The van der Waals surface area contributed by atoms with E-state index >= 15 is 0 Å². The van der Waals surface area contributed by atoms with Gasteiger partial charge in [-0.05, 0) is 53.4 Å². The zero-order valence-electron chi connectivity index (χ0n) is 16.0. The van der Waals surface area contributed by atoms with Crippen LogP contribution in [0.25, 0.3) is 0 Å². The van der Waals surface area contributed by atoms with Crippen LogP contribution in [0.4, 0.5) is 4.79 Å². The third-order valence-corrected chi connectivity index (χ3v) is 4.45. The molecule has 1 rings (SSSR count). The standard InChI is InChI=1S/C19H38N2O2/c1-6-7-8-9-12-16(2)20-15-17-13-10-11-14-21(17)18(22)23-19(3,4)5/h16-17,20H,6-15H2,1-5H3. The first-order valence-corrected chi connectivity index (χ1v) is 9.56. The number of nitrogens with one attached hydrogen (secondary N) is 1. The molecule has 0 spiro atoms. The van der Waals surface area contributed by atoms with Gasteiger partial charge in [-0.3, -0.25) is 0 Å². The number of nitrogens with zero attached hydrogens (tertiary/aromatic N) is 1. The number of likely N-dealkylation sites (tertiary alicyclic amines) is 1. The van der Waals surface area contributed by atoms with Crippen molar-refractivity contribution in [1.29, 1.82) is 0 Å². The Hall–Kier alpha value is -0.770. The molecule has 1 heterocycles. The zero-order chi connectivity index (χ0) is 17.3. The number of hydrogen-bond donors (Lipinski definition) is 1. The lowest BCUT2D eigenvalue weighted by Crippen LogP contribution is -2.51. The van der Waals surface area contributed by atoms with Gasteiger partial charge in [0.05, 0.1) is 0 Å². The summed E-state index contributed by atoms with van der Waals surface area (Å²) in [6.07, 6.45) is 9.68. The van der Waals surface area contributed by atoms with Crippen LogP contribution in [0, 0.1) is 0 Å². The summed E-state index contributed by atoms with van der Waals surface area (Å²) in [5.74, 6) is 0. The van der Waals surface area contributed by atoms with Gasteiger partial charge in [0.2, 0.25) is 0 Å². The number of carbonyl (C=O) groups excluding carboxylic acids is 1. The van der Waals surface area contributed by atoms with Gasteiger partial charge in [0, 0.05) is 25.2 Å². The van der Waals surface area contributed by atoms with Gasteiger partial charge < -0.3 is 15.0 Å². The fraction of sp³-hybridized carbons (Fsp3) is 0.947. The lowest BCUT2D eigenvalue weighted by Gasteiger charge is -2.37. The van der Waals surface area contributed by atoms with E-state index in [4.69, 9.17) is 4.74 Å². The Labute approximate surface area is 143 Å². The summed E-state index contributed by atoms with van der Waals surface area (Å²) in [6.45, 7) is 12.0. The number of unbranched alkanes of at least 4 members (excludes halogenated alkanes) is 3. The Balaban J connectivity index is 2.38. The van der Waals surface area contributed by atoms with Crippen LogP contribution in [-0.4, -0.2) is 41.8 Å². The maximum Gasteiger partial charge on any atom is 0.410 e. The molecule has 0 radical (unpaired) electrons. The molecule has 0 aromatic heterocycles. The second-order valence-electron chi connectivity index (χ2n) is 7.98. The molecular weight excluding hydrogens is 288 g/mol. The second-order valence-corrected chi connectivity index (χ2v) is 7.98. The van der Waals surface area contributed by atoms with Crippen LogP contribution in [0.2, 0.25) is 0 Å². The molecule has 0 aliphatic carbocycles. The number of hydrogen-bond acceptors (Lipinski definition) is 3. The average molecular weight is 327 g/mol. The maximum absolute atomic E-state index is 12.4. The van der Waals surface area contributed by atoms with Gasteiger partial charge >= 0.3 is 6.09 Å². The molecule has 0 bridgehead atoms. The number of ether oxygens (including phenoxy) is 1. The molecule has 4 nitrogen and oxygen atoms in total. The van der Waals surface area contributed by atoms with E-state index in [-0.39, 0.29) is 12.1 Å². The van der Waals surface area contributed by atoms with Gasteiger partial charge in [-0.2, -0.15) is 0 Å². The van der Waals surface area contributed by atoms with E-state index in [0.717, 1.165) is 25.9 Å². The van der Waals surface area contributed by atoms with Crippen LogP contribution in [0.5, 0.6) is 0 Å². The van der Waals surface area contributed by atoms with Crippen molar-refractivity contribution >= 4 is 6.09 Å². The molecule has 1 saturated heterocycles. The minimum Gasteiger partial charge on any atom is -0.444 e. The fourth-order valence-electron chi connectivity index (χ4n) is 3.09. The molecule has 0 aromatic rings. The lowest BCUT2D eigenvalue weighted by atomic mass is 10.0. The van der Waals surface area contributed by atoms with Gasteiger partial charge in [0.1, 0.15) is 5.60 Å². The second kappa shape index (κ2) is 10.2. The van der Waals surface area contributed by atoms with E-state index in [2.05, 4.69) is 19.2 Å². The molecule has 2 unspecified atom stereocenters. The van der Waals surface area contributed by atoms with Gasteiger partial charge in [-0.1, -0.05) is 32.6 Å². The highest BCUT2D eigenvalue weighted by Gasteiger charge is 2.30. The first-order chi connectivity index (χ1) is 10.8. The topological polar surface area (TPSA) is 41.6 Å². The largest absolute Gasteiger partial charge is 0.444 e. The maximum atomic E-state index is 12.4. The number of carbonyl (C=O) groups is 1. The Morgan fingerprint density at radius 1 is 1.26 bits per heavy atom. The Bertz CT molecular complexity index is 339. The SMILES string of the molecule is CCCCCCC(C)NCC1CCCCN1C(=O)OC(C)(C)C. The van der Waals surface area contributed by atoms with E-state index in [1.54, 1.807) is 0 Å². The van der Waals surface area contributed by atoms with Crippen LogP contribution >= 0.6 is 0 Å². The zero-order valence-corrected chi connectivity index (χ0v) is 16.0. The Kier molecular flexibility index (Phi) is 8.96. The third kappa shape index (κ3) is 8.59. The predicted octanol–water partition coefficient (Wildman–Crippen LogP) is 4.72. The molecule has 0 aromatic carbocycles. The van der Waals surface area contributed by atoms with Gasteiger partial charge in [-0.25, -0.2) is 4.79 Å². The number of amides is 1. The average Bonchev–Trinajstić information content (AvgIpc) is 2.48. The molecule has 2 atom stereocenters. The molecule has 0 saturated carbocycles. The highest BCUT2D eigenvalue weighted by Crippen LogP contribution is 2.20. The quantitative estimate of drug-likeness (QED) is 0.656. The summed E-state index contributed by atoms with van der Waals surface area (Å²) >= 11 is 0. The molecule has 4 heteroatoms. The van der Waals surface area contributed by atoms with E-state index in [0.29, 0.717) is 6.04 Å². The van der Waals surface area contributed by atoms with E-state index in [1.165, 1.54) is 38.5 Å². The summed E-state index contributed by atoms with van der Waals surface area (Å²) in [7, 11) is 0. The summed E-state index contributed by atoms with van der Waals surface area (Å²) in [5.41, 5.74) is -0.418. The van der Waals surface area contributed by atoms with Crippen LogP contribution in [0.3, 0.4) is 0 Å². The molecule has 1 N–H and O–H groups in total. The van der Waals surface area contributed by atoms with Crippen molar-refractivity contribution in [2.24, 2.45) is 0 Å². The summed E-state index contributed by atoms with van der Waals surface area (Å²) in [5, 5.41) is 3.63. The van der Waals surface area contributed by atoms with E-state index < -0.39 is 5.60 Å². The van der Waals surface area contributed by atoms with Crippen molar-refractivity contribution in [3.8, 4) is 0 Å². The predicted molar refractivity (Wildman–Crippen MR) is 96.8 cm³/mol. The smallest absolute Gasteiger partial charge is 0.410 e.